The SMILES string of the molecule is Cc1c(Cl)cnn1Cc1ccc(C#CCCO)s1. The summed E-state index contributed by atoms with van der Waals surface area (Å²) < 4.78 is 1.87. The third-order valence-electron chi connectivity index (χ3n) is 2.46. The van der Waals surface area contributed by atoms with E-state index in [1.54, 1.807) is 17.5 Å². The zero-order chi connectivity index (χ0) is 13.0. The normalized spacial score (nSPS) is 10.2. The molecule has 0 saturated carbocycles. The first-order chi connectivity index (χ1) is 8.70. The first kappa shape index (κ1) is 13.2. The van der Waals surface area contributed by atoms with E-state index in [2.05, 4.69) is 16.9 Å². The minimum absolute atomic E-state index is 0.107. The molecule has 2 rings (SSSR count). The lowest BCUT2D eigenvalue weighted by molar-refractivity contribution is 0.305. The van der Waals surface area contributed by atoms with E-state index < -0.39 is 0 Å². The van der Waals surface area contributed by atoms with Gasteiger partial charge in [0.05, 0.1) is 34.9 Å². The number of rotatable bonds is 3. The Hall–Kier alpha value is -1.28. The maximum Gasteiger partial charge on any atom is 0.0815 e. The van der Waals surface area contributed by atoms with E-state index in [-0.39, 0.29) is 6.61 Å². The molecule has 0 bridgehead atoms. The fourth-order valence-corrected chi connectivity index (χ4v) is 2.47. The van der Waals surface area contributed by atoms with Gasteiger partial charge in [0.15, 0.2) is 0 Å². The summed E-state index contributed by atoms with van der Waals surface area (Å²) in [5, 5.41) is 13.6. The van der Waals surface area contributed by atoms with Crippen molar-refractivity contribution in [3.05, 3.63) is 38.8 Å². The summed E-state index contributed by atoms with van der Waals surface area (Å²) in [5.74, 6) is 5.94. The van der Waals surface area contributed by atoms with Gasteiger partial charge in [-0.05, 0) is 19.1 Å². The minimum Gasteiger partial charge on any atom is -0.395 e. The van der Waals surface area contributed by atoms with Gasteiger partial charge >= 0.3 is 0 Å². The number of aliphatic hydroxyl groups is 1. The Morgan fingerprint density at radius 1 is 1.50 bits per heavy atom. The van der Waals surface area contributed by atoms with Crippen LogP contribution in [0.3, 0.4) is 0 Å². The summed E-state index contributed by atoms with van der Waals surface area (Å²) >= 11 is 7.60. The largest absolute Gasteiger partial charge is 0.395 e. The summed E-state index contributed by atoms with van der Waals surface area (Å²) in [6, 6.07) is 4.04. The van der Waals surface area contributed by atoms with Crippen LogP contribution in [-0.2, 0) is 6.54 Å². The lowest BCUT2D eigenvalue weighted by atomic mass is 10.4. The summed E-state index contributed by atoms with van der Waals surface area (Å²) in [4.78, 5) is 2.19. The van der Waals surface area contributed by atoms with Gasteiger partial charge in [-0.1, -0.05) is 23.4 Å². The molecule has 0 aromatic carbocycles. The highest BCUT2D eigenvalue weighted by molar-refractivity contribution is 7.12. The van der Waals surface area contributed by atoms with Gasteiger partial charge in [0.1, 0.15) is 0 Å². The van der Waals surface area contributed by atoms with Crippen LogP contribution in [-0.4, -0.2) is 21.5 Å². The molecule has 0 aliphatic heterocycles. The van der Waals surface area contributed by atoms with Crippen molar-refractivity contribution in [2.24, 2.45) is 0 Å². The molecule has 0 unspecified atom stereocenters. The molecular weight excluding hydrogens is 268 g/mol. The number of halogens is 1. The minimum atomic E-state index is 0.107. The van der Waals surface area contributed by atoms with Crippen molar-refractivity contribution in [1.82, 2.24) is 9.78 Å². The van der Waals surface area contributed by atoms with E-state index in [0.29, 0.717) is 18.0 Å². The van der Waals surface area contributed by atoms with Crippen molar-refractivity contribution in [3.63, 3.8) is 0 Å². The molecule has 0 spiro atoms. The number of nitrogens with zero attached hydrogens (tertiary/aromatic N) is 2. The molecule has 94 valence electrons. The average molecular weight is 281 g/mol. The van der Waals surface area contributed by atoms with Crippen molar-refractivity contribution in [3.8, 4) is 11.8 Å². The second-order valence-corrected chi connectivity index (χ2v) is 5.35. The van der Waals surface area contributed by atoms with Crippen LogP contribution in [0.25, 0.3) is 0 Å². The first-order valence-corrected chi connectivity index (χ1v) is 6.76. The van der Waals surface area contributed by atoms with Gasteiger partial charge in [0.25, 0.3) is 0 Å². The molecule has 0 aliphatic carbocycles. The van der Waals surface area contributed by atoms with Crippen LogP contribution in [0.5, 0.6) is 0 Å². The molecule has 0 atom stereocenters. The maximum absolute atomic E-state index is 8.65. The molecule has 2 heterocycles. The molecule has 5 heteroatoms. The van der Waals surface area contributed by atoms with Crippen molar-refractivity contribution >= 4 is 22.9 Å². The van der Waals surface area contributed by atoms with E-state index in [0.717, 1.165) is 10.6 Å². The zero-order valence-electron chi connectivity index (χ0n) is 9.98. The quantitative estimate of drug-likeness (QED) is 0.878. The first-order valence-electron chi connectivity index (χ1n) is 5.57. The highest BCUT2D eigenvalue weighted by atomic mass is 35.5. The fourth-order valence-electron chi connectivity index (χ4n) is 1.47. The van der Waals surface area contributed by atoms with Crippen molar-refractivity contribution in [2.45, 2.75) is 19.9 Å². The molecule has 0 radical (unpaired) electrons. The number of aromatic nitrogens is 2. The Bertz CT molecular complexity index is 592. The molecule has 0 aliphatic rings. The monoisotopic (exact) mass is 280 g/mol. The average Bonchev–Trinajstić information content (AvgIpc) is 2.92. The summed E-state index contributed by atoms with van der Waals surface area (Å²) in [6.45, 7) is 2.77. The smallest absolute Gasteiger partial charge is 0.0815 e. The van der Waals surface area contributed by atoms with Crippen LogP contribution >= 0.6 is 22.9 Å². The number of hydrogen-bond acceptors (Lipinski definition) is 3. The number of hydrogen-bond donors (Lipinski definition) is 1. The van der Waals surface area contributed by atoms with Gasteiger partial charge in [-0.15, -0.1) is 11.3 Å². The number of thiophene rings is 1. The zero-order valence-corrected chi connectivity index (χ0v) is 11.6. The maximum atomic E-state index is 8.65. The van der Waals surface area contributed by atoms with Gasteiger partial charge in [0.2, 0.25) is 0 Å². The van der Waals surface area contributed by atoms with E-state index in [9.17, 15) is 0 Å². The van der Waals surface area contributed by atoms with Crippen molar-refractivity contribution in [1.29, 1.82) is 0 Å². The van der Waals surface area contributed by atoms with Crippen molar-refractivity contribution in [2.75, 3.05) is 6.61 Å². The topological polar surface area (TPSA) is 38.0 Å². The van der Waals surface area contributed by atoms with Crippen LogP contribution in [0.4, 0.5) is 0 Å². The van der Waals surface area contributed by atoms with Gasteiger partial charge < -0.3 is 5.11 Å². The molecule has 2 aromatic heterocycles. The molecule has 1 N–H and O–H groups in total. The predicted molar refractivity (Wildman–Crippen MR) is 74.0 cm³/mol. The Balaban J connectivity index is 2.07. The Kier molecular flexibility index (Phi) is 4.43. The number of aliphatic hydroxyl groups excluding tert-OH is 1. The van der Waals surface area contributed by atoms with E-state index in [1.165, 1.54) is 4.88 Å². The van der Waals surface area contributed by atoms with Crippen molar-refractivity contribution < 1.29 is 5.11 Å². The third kappa shape index (κ3) is 3.14. The van der Waals surface area contributed by atoms with Crippen LogP contribution < -0.4 is 0 Å². The standard InChI is InChI=1S/C13H13ClN2OS/c1-10-13(14)8-15-16(10)9-12-6-5-11(18-12)4-2-3-7-17/h5-6,8,17H,3,7,9H2,1H3. The third-order valence-corrected chi connectivity index (χ3v) is 3.82. The highest BCUT2D eigenvalue weighted by Crippen LogP contribution is 2.19. The highest BCUT2D eigenvalue weighted by Gasteiger charge is 2.05. The second kappa shape index (κ2) is 6.05. The van der Waals surface area contributed by atoms with E-state index in [1.807, 2.05) is 23.7 Å². The van der Waals surface area contributed by atoms with E-state index in [4.69, 9.17) is 16.7 Å². The second-order valence-electron chi connectivity index (χ2n) is 3.78. The molecule has 0 fully saturated rings. The van der Waals surface area contributed by atoms with Crippen LogP contribution in [0.15, 0.2) is 18.3 Å². The Labute approximate surface area is 115 Å². The predicted octanol–water partition coefficient (Wildman–Crippen LogP) is 2.69. The lowest BCUT2D eigenvalue weighted by Crippen LogP contribution is -2.01. The van der Waals surface area contributed by atoms with Gasteiger partial charge in [-0.2, -0.15) is 5.10 Å². The summed E-state index contributed by atoms with van der Waals surface area (Å²) in [5.41, 5.74) is 0.970. The van der Waals surface area contributed by atoms with Gasteiger partial charge in [-0.3, -0.25) is 4.68 Å². The lowest BCUT2D eigenvalue weighted by Gasteiger charge is -2.01. The summed E-state index contributed by atoms with van der Waals surface area (Å²) in [6.07, 6.45) is 2.17. The Morgan fingerprint density at radius 3 is 3.00 bits per heavy atom. The molecular formula is C13H13ClN2OS. The molecule has 0 saturated heterocycles. The fraction of sp³-hybridized carbons (Fsp3) is 0.308. The Morgan fingerprint density at radius 2 is 2.33 bits per heavy atom. The molecule has 18 heavy (non-hydrogen) atoms. The van der Waals surface area contributed by atoms with Crippen LogP contribution in [0.1, 0.15) is 21.9 Å². The van der Waals surface area contributed by atoms with E-state index >= 15 is 0 Å². The van der Waals surface area contributed by atoms with Gasteiger partial charge in [-0.25, -0.2) is 0 Å². The van der Waals surface area contributed by atoms with Crippen LogP contribution in [0, 0.1) is 18.8 Å². The molecule has 0 amide bonds. The summed E-state index contributed by atoms with van der Waals surface area (Å²) in [7, 11) is 0. The van der Waals surface area contributed by atoms with Gasteiger partial charge in [0, 0.05) is 11.3 Å². The molecule has 2 aromatic rings. The van der Waals surface area contributed by atoms with Crippen LogP contribution in [0.2, 0.25) is 5.02 Å². The molecule has 3 nitrogen and oxygen atoms in total.